The lowest BCUT2D eigenvalue weighted by Crippen LogP contribution is -2.36. The van der Waals surface area contributed by atoms with E-state index in [1.165, 1.54) is 20.8 Å². The van der Waals surface area contributed by atoms with E-state index in [9.17, 15) is 17.6 Å². The molecule has 74 valence electrons. The Morgan fingerprint density at radius 2 is 1.58 bits per heavy atom. The summed E-state index contributed by atoms with van der Waals surface area (Å²) in [5.74, 6) is -4.05. The van der Waals surface area contributed by atoms with E-state index in [2.05, 4.69) is 4.74 Å². The fourth-order valence-corrected chi connectivity index (χ4v) is 0.376. The van der Waals surface area contributed by atoms with Crippen molar-refractivity contribution in [2.24, 2.45) is 0 Å². The van der Waals surface area contributed by atoms with E-state index in [0.29, 0.717) is 0 Å². The molecule has 0 aromatic carbocycles. The van der Waals surface area contributed by atoms with Crippen LogP contribution in [0.4, 0.5) is 17.6 Å². The van der Waals surface area contributed by atoms with Crippen molar-refractivity contribution in [1.82, 2.24) is 0 Å². The normalized spacial score (nSPS) is 14.0. The number of ether oxygens (including phenoxy) is 1. The maximum atomic E-state index is 12.2. The molecule has 0 saturated carbocycles. The quantitative estimate of drug-likeness (QED) is 0.619. The van der Waals surface area contributed by atoms with Gasteiger partial charge in [-0.3, -0.25) is 0 Å². The van der Waals surface area contributed by atoms with Gasteiger partial charge < -0.3 is 4.74 Å². The zero-order valence-electron chi connectivity index (χ0n) is 7.20. The van der Waals surface area contributed by atoms with Gasteiger partial charge in [-0.15, -0.1) is 0 Å². The minimum atomic E-state index is -4.05. The molecule has 0 aromatic rings. The van der Waals surface area contributed by atoms with E-state index in [4.69, 9.17) is 0 Å². The maximum absolute atomic E-state index is 12.2. The van der Waals surface area contributed by atoms with Gasteiger partial charge in [-0.25, -0.2) is 8.78 Å². The van der Waals surface area contributed by atoms with E-state index in [1.807, 2.05) is 0 Å². The van der Waals surface area contributed by atoms with Gasteiger partial charge in [0.05, 0.1) is 5.60 Å². The first-order chi connectivity index (χ1) is 5.15. The molecule has 0 heterocycles. The third-order valence-electron chi connectivity index (χ3n) is 1.02. The van der Waals surface area contributed by atoms with E-state index < -0.39 is 24.6 Å². The Balaban J connectivity index is 3.93. The summed E-state index contributed by atoms with van der Waals surface area (Å²) >= 11 is 0. The highest BCUT2D eigenvalue weighted by Gasteiger charge is 2.41. The third kappa shape index (κ3) is 4.54. The Hall–Kier alpha value is -0.320. The predicted molar refractivity (Wildman–Crippen MR) is 36.7 cm³/mol. The summed E-state index contributed by atoms with van der Waals surface area (Å²) in [5, 5.41) is 0. The highest BCUT2D eigenvalue weighted by molar-refractivity contribution is 4.70. The van der Waals surface area contributed by atoms with Crippen LogP contribution in [0.5, 0.6) is 0 Å². The van der Waals surface area contributed by atoms with Gasteiger partial charge in [0.1, 0.15) is 6.61 Å². The highest BCUT2D eigenvalue weighted by Crippen LogP contribution is 2.24. The van der Waals surface area contributed by atoms with E-state index in [1.54, 1.807) is 0 Å². The van der Waals surface area contributed by atoms with Gasteiger partial charge >= 0.3 is 12.3 Å². The largest absolute Gasteiger partial charge is 0.369 e. The van der Waals surface area contributed by atoms with Crippen molar-refractivity contribution in [2.45, 2.75) is 38.7 Å². The van der Waals surface area contributed by atoms with Crippen LogP contribution in [0.3, 0.4) is 0 Å². The van der Waals surface area contributed by atoms with Crippen LogP contribution in [0.1, 0.15) is 20.8 Å². The Morgan fingerprint density at radius 1 is 1.17 bits per heavy atom. The van der Waals surface area contributed by atoms with E-state index in [-0.39, 0.29) is 0 Å². The SMILES string of the molecule is CC(C)(C)OCC(F)(F)C(F)F. The van der Waals surface area contributed by atoms with Crippen LogP contribution in [0.2, 0.25) is 0 Å². The minimum absolute atomic E-state index is 0.821. The first-order valence-electron chi connectivity index (χ1n) is 3.45. The molecule has 0 unspecified atom stereocenters. The smallest absolute Gasteiger partial charge is 0.330 e. The Kier molecular flexibility index (Phi) is 3.50. The molecule has 0 N–H and O–H groups in total. The maximum Gasteiger partial charge on any atom is 0.330 e. The molecular formula is C7H12F4O. The molecule has 0 aromatic heterocycles. The van der Waals surface area contributed by atoms with Crippen molar-refractivity contribution in [1.29, 1.82) is 0 Å². The van der Waals surface area contributed by atoms with Gasteiger partial charge in [-0.05, 0) is 20.8 Å². The average Bonchev–Trinajstić information content (AvgIpc) is 1.82. The topological polar surface area (TPSA) is 9.23 Å². The zero-order valence-corrected chi connectivity index (χ0v) is 7.20. The summed E-state index contributed by atoms with van der Waals surface area (Å²) in [6, 6.07) is 0. The Morgan fingerprint density at radius 3 is 1.83 bits per heavy atom. The van der Waals surface area contributed by atoms with Gasteiger partial charge in [0.2, 0.25) is 0 Å². The lowest BCUT2D eigenvalue weighted by molar-refractivity contribution is -0.186. The van der Waals surface area contributed by atoms with Crippen molar-refractivity contribution < 1.29 is 22.3 Å². The molecule has 0 aliphatic rings. The summed E-state index contributed by atoms with van der Waals surface area (Å²) in [6.07, 6.45) is -3.67. The first-order valence-corrected chi connectivity index (χ1v) is 3.45. The summed E-state index contributed by atoms with van der Waals surface area (Å²) in [4.78, 5) is 0. The van der Waals surface area contributed by atoms with Crippen molar-refractivity contribution >= 4 is 0 Å². The summed E-state index contributed by atoms with van der Waals surface area (Å²) < 4.78 is 52.0. The lowest BCUT2D eigenvalue weighted by atomic mass is 10.2. The summed E-state index contributed by atoms with van der Waals surface area (Å²) in [6.45, 7) is 3.33. The van der Waals surface area contributed by atoms with Crippen molar-refractivity contribution in [3.05, 3.63) is 0 Å². The lowest BCUT2D eigenvalue weighted by Gasteiger charge is -2.23. The van der Waals surface area contributed by atoms with Gasteiger partial charge in [0.25, 0.3) is 0 Å². The second-order valence-electron chi connectivity index (χ2n) is 3.46. The second kappa shape index (κ2) is 3.60. The van der Waals surface area contributed by atoms with Crippen molar-refractivity contribution in [3.63, 3.8) is 0 Å². The third-order valence-corrected chi connectivity index (χ3v) is 1.02. The van der Waals surface area contributed by atoms with E-state index >= 15 is 0 Å². The molecule has 0 rings (SSSR count). The number of halogens is 4. The van der Waals surface area contributed by atoms with Crippen LogP contribution in [0.15, 0.2) is 0 Å². The zero-order chi connectivity index (χ0) is 9.99. The van der Waals surface area contributed by atoms with Crippen LogP contribution in [0, 0.1) is 0 Å². The molecule has 0 fully saturated rings. The average molecular weight is 188 g/mol. The van der Waals surface area contributed by atoms with Crippen LogP contribution >= 0.6 is 0 Å². The molecule has 0 saturated heterocycles. The molecule has 0 spiro atoms. The van der Waals surface area contributed by atoms with Crippen LogP contribution < -0.4 is 0 Å². The summed E-state index contributed by atoms with van der Waals surface area (Å²) in [7, 11) is 0. The van der Waals surface area contributed by atoms with Gasteiger partial charge in [-0.1, -0.05) is 0 Å². The van der Waals surface area contributed by atoms with Crippen LogP contribution in [0.25, 0.3) is 0 Å². The fourth-order valence-electron chi connectivity index (χ4n) is 0.376. The molecule has 0 atom stereocenters. The minimum Gasteiger partial charge on any atom is -0.369 e. The Labute approximate surface area is 68.7 Å². The molecule has 0 bridgehead atoms. The Bertz CT molecular complexity index is 139. The molecule has 0 amide bonds. The van der Waals surface area contributed by atoms with Crippen molar-refractivity contribution in [2.75, 3.05) is 6.61 Å². The monoisotopic (exact) mass is 188 g/mol. The molecule has 0 radical (unpaired) electrons. The van der Waals surface area contributed by atoms with E-state index in [0.717, 1.165) is 0 Å². The molecule has 5 heteroatoms. The van der Waals surface area contributed by atoms with Crippen molar-refractivity contribution in [3.8, 4) is 0 Å². The molecule has 1 nitrogen and oxygen atoms in total. The molecule has 0 aliphatic carbocycles. The number of hydrogen-bond acceptors (Lipinski definition) is 1. The number of hydrogen-bond donors (Lipinski definition) is 0. The fraction of sp³-hybridized carbons (Fsp3) is 1.00. The van der Waals surface area contributed by atoms with Gasteiger partial charge in [-0.2, -0.15) is 8.78 Å². The molecular weight excluding hydrogens is 176 g/mol. The van der Waals surface area contributed by atoms with Gasteiger partial charge in [0.15, 0.2) is 0 Å². The molecule has 12 heavy (non-hydrogen) atoms. The van der Waals surface area contributed by atoms with Crippen LogP contribution in [-0.2, 0) is 4.74 Å². The number of rotatable bonds is 3. The number of alkyl halides is 4. The second-order valence-corrected chi connectivity index (χ2v) is 3.46. The standard InChI is InChI=1S/C7H12F4O/c1-6(2,3)12-4-7(10,11)5(8)9/h5H,4H2,1-3H3. The highest BCUT2D eigenvalue weighted by atomic mass is 19.3. The van der Waals surface area contributed by atoms with Gasteiger partial charge in [0, 0.05) is 0 Å². The predicted octanol–water partition coefficient (Wildman–Crippen LogP) is 2.70. The first kappa shape index (κ1) is 11.7. The molecule has 0 aliphatic heterocycles. The summed E-state index contributed by atoms with van der Waals surface area (Å²) in [5.41, 5.74) is -0.821. The van der Waals surface area contributed by atoms with Crippen LogP contribution in [-0.4, -0.2) is 24.6 Å².